The van der Waals surface area contributed by atoms with Crippen LogP contribution in [0.5, 0.6) is 0 Å². The van der Waals surface area contributed by atoms with Crippen molar-refractivity contribution in [2.75, 3.05) is 6.54 Å². The van der Waals surface area contributed by atoms with Crippen LogP contribution in [0.25, 0.3) is 0 Å². The fraction of sp³-hybridized carbons (Fsp3) is 0.800. The third-order valence-corrected chi connectivity index (χ3v) is 3.46. The molecule has 2 aliphatic heterocycles. The van der Waals surface area contributed by atoms with Gasteiger partial charge in [-0.2, -0.15) is 10.2 Å². The number of allylic oxidation sites excluding steroid dienone is 1. The lowest BCUT2D eigenvalue weighted by Crippen LogP contribution is -2.41. The number of hydrogen-bond donors (Lipinski definition) is 0. The highest BCUT2D eigenvalue weighted by atomic mass is 16.7. The second-order valence-corrected chi connectivity index (χ2v) is 5.10. The van der Waals surface area contributed by atoms with E-state index in [0.29, 0.717) is 6.54 Å². The summed E-state index contributed by atoms with van der Waals surface area (Å²) in [4.78, 5) is 0. The van der Waals surface area contributed by atoms with Gasteiger partial charge in [0, 0.05) is 5.47 Å². The van der Waals surface area contributed by atoms with Crippen LogP contribution < -0.4 is 0 Å². The van der Waals surface area contributed by atoms with Crippen LogP contribution in [0.3, 0.4) is 0 Å². The first-order valence-corrected chi connectivity index (χ1v) is 5.26. The molecular weight excluding hydrogens is 191 g/mol. The summed E-state index contributed by atoms with van der Waals surface area (Å²) in [6, 6.07) is 0. The highest BCUT2D eigenvalue weighted by Gasteiger charge is 2.53. The maximum Gasteiger partial charge on any atom is 0.494 e. The zero-order valence-electron chi connectivity index (χ0n) is 10.00. The van der Waals surface area contributed by atoms with Gasteiger partial charge in [-0.3, -0.25) is 0 Å². The molecule has 0 aromatic carbocycles. The Bertz CT molecular complexity index is 331. The molecule has 0 aromatic heterocycles. The first kappa shape index (κ1) is 10.8. The van der Waals surface area contributed by atoms with Crippen LogP contribution in [0.2, 0.25) is 0 Å². The van der Waals surface area contributed by atoms with Crippen molar-refractivity contribution < 1.29 is 9.31 Å². The SMILES string of the molecule is CC1=C(B2OC(C)(C)C(C)(C)O2)CN=N1. The van der Waals surface area contributed by atoms with Gasteiger partial charge < -0.3 is 9.31 Å². The fourth-order valence-corrected chi connectivity index (χ4v) is 1.63. The first-order valence-electron chi connectivity index (χ1n) is 5.26. The largest absolute Gasteiger partial charge is 0.494 e. The van der Waals surface area contributed by atoms with Crippen LogP contribution in [0.4, 0.5) is 0 Å². The predicted octanol–water partition coefficient (Wildman–Crippen LogP) is 2.36. The molecule has 2 aliphatic rings. The van der Waals surface area contributed by atoms with Crippen LogP contribution in [0, 0.1) is 0 Å². The Kier molecular flexibility index (Phi) is 2.28. The molecule has 0 bridgehead atoms. The molecule has 0 aliphatic carbocycles. The molecule has 0 N–H and O–H groups in total. The van der Waals surface area contributed by atoms with Gasteiger partial charge in [-0.1, -0.05) is 0 Å². The Morgan fingerprint density at radius 1 is 1.13 bits per heavy atom. The highest BCUT2D eigenvalue weighted by Crippen LogP contribution is 2.39. The van der Waals surface area contributed by atoms with Gasteiger partial charge in [-0.15, -0.1) is 0 Å². The zero-order chi connectivity index (χ0) is 11.3. The van der Waals surface area contributed by atoms with Crippen LogP contribution in [-0.4, -0.2) is 24.9 Å². The predicted molar refractivity (Wildman–Crippen MR) is 58.5 cm³/mol. The normalized spacial score (nSPS) is 27.9. The number of rotatable bonds is 1. The molecule has 2 rings (SSSR count). The standard InChI is InChI=1S/C10H17BN2O2/c1-7-8(6-12-13-7)11-14-9(2,3)10(4,5)15-11/h6H2,1-5H3. The van der Waals surface area contributed by atoms with Gasteiger partial charge in [0.05, 0.1) is 23.4 Å². The number of hydrogen-bond acceptors (Lipinski definition) is 4. The molecule has 0 aromatic rings. The molecule has 0 radical (unpaired) electrons. The van der Waals surface area contributed by atoms with E-state index >= 15 is 0 Å². The van der Waals surface area contributed by atoms with E-state index in [1.165, 1.54) is 0 Å². The second-order valence-electron chi connectivity index (χ2n) is 5.10. The van der Waals surface area contributed by atoms with Gasteiger partial charge in [-0.25, -0.2) is 0 Å². The summed E-state index contributed by atoms with van der Waals surface area (Å²) in [5.74, 6) is 0. The zero-order valence-corrected chi connectivity index (χ0v) is 10.00. The van der Waals surface area contributed by atoms with E-state index in [9.17, 15) is 0 Å². The average Bonchev–Trinajstić information content (AvgIpc) is 2.55. The molecule has 2 heterocycles. The summed E-state index contributed by atoms with van der Waals surface area (Å²) >= 11 is 0. The maximum atomic E-state index is 5.92. The van der Waals surface area contributed by atoms with Crippen molar-refractivity contribution in [3.8, 4) is 0 Å². The van der Waals surface area contributed by atoms with Crippen LogP contribution in [0.15, 0.2) is 21.4 Å². The van der Waals surface area contributed by atoms with Crippen molar-refractivity contribution in [3.05, 3.63) is 11.2 Å². The topological polar surface area (TPSA) is 43.2 Å². The van der Waals surface area contributed by atoms with Crippen molar-refractivity contribution >= 4 is 7.12 Å². The minimum atomic E-state index is -0.287. The monoisotopic (exact) mass is 208 g/mol. The van der Waals surface area contributed by atoms with E-state index in [4.69, 9.17) is 9.31 Å². The highest BCUT2D eigenvalue weighted by molar-refractivity contribution is 6.55. The summed E-state index contributed by atoms with van der Waals surface area (Å²) in [7, 11) is -0.287. The lowest BCUT2D eigenvalue weighted by atomic mass is 9.77. The third kappa shape index (κ3) is 1.64. The van der Waals surface area contributed by atoms with Crippen LogP contribution in [-0.2, 0) is 9.31 Å². The molecule has 0 saturated carbocycles. The molecule has 1 fully saturated rings. The van der Waals surface area contributed by atoms with E-state index < -0.39 is 0 Å². The van der Waals surface area contributed by atoms with Crippen LogP contribution >= 0.6 is 0 Å². The van der Waals surface area contributed by atoms with Gasteiger partial charge >= 0.3 is 7.12 Å². The van der Waals surface area contributed by atoms with Crippen molar-refractivity contribution in [3.63, 3.8) is 0 Å². The maximum absolute atomic E-state index is 5.92. The summed E-state index contributed by atoms with van der Waals surface area (Å²) in [5.41, 5.74) is 1.41. The van der Waals surface area contributed by atoms with Crippen molar-refractivity contribution in [2.24, 2.45) is 10.2 Å². The van der Waals surface area contributed by atoms with E-state index in [1.54, 1.807) is 0 Å². The number of nitrogens with zero attached hydrogens (tertiary/aromatic N) is 2. The second kappa shape index (κ2) is 3.16. The molecule has 0 atom stereocenters. The Labute approximate surface area is 90.9 Å². The van der Waals surface area contributed by atoms with Crippen molar-refractivity contribution in [1.29, 1.82) is 0 Å². The van der Waals surface area contributed by atoms with Gasteiger partial charge in [-0.05, 0) is 34.6 Å². The summed E-state index contributed by atoms with van der Waals surface area (Å²) in [6.45, 7) is 10.7. The Hall–Kier alpha value is -0.675. The summed E-state index contributed by atoms with van der Waals surface area (Å²) < 4.78 is 11.8. The fourth-order valence-electron chi connectivity index (χ4n) is 1.63. The van der Waals surface area contributed by atoms with Crippen molar-refractivity contribution in [1.82, 2.24) is 0 Å². The molecule has 5 heteroatoms. The molecule has 0 unspecified atom stereocenters. The van der Waals surface area contributed by atoms with Crippen molar-refractivity contribution in [2.45, 2.75) is 45.8 Å². The molecule has 1 saturated heterocycles. The van der Waals surface area contributed by atoms with E-state index in [2.05, 4.69) is 10.2 Å². The minimum Gasteiger partial charge on any atom is -0.399 e. The molecular formula is C10H17BN2O2. The quantitative estimate of drug-likeness (QED) is 0.620. The van der Waals surface area contributed by atoms with E-state index in [0.717, 1.165) is 11.2 Å². The molecule has 15 heavy (non-hydrogen) atoms. The van der Waals surface area contributed by atoms with Gasteiger partial charge in [0.1, 0.15) is 0 Å². The smallest absolute Gasteiger partial charge is 0.399 e. The van der Waals surface area contributed by atoms with E-state index in [-0.39, 0.29) is 18.3 Å². The lowest BCUT2D eigenvalue weighted by Gasteiger charge is -2.32. The summed E-state index contributed by atoms with van der Waals surface area (Å²) in [5, 5.41) is 7.98. The molecule has 0 amide bonds. The Morgan fingerprint density at radius 2 is 1.67 bits per heavy atom. The van der Waals surface area contributed by atoms with Gasteiger partial charge in [0.15, 0.2) is 0 Å². The lowest BCUT2D eigenvalue weighted by molar-refractivity contribution is 0.00578. The Morgan fingerprint density at radius 3 is 2.07 bits per heavy atom. The first-order chi connectivity index (χ1) is 6.83. The van der Waals surface area contributed by atoms with Crippen LogP contribution in [0.1, 0.15) is 34.6 Å². The van der Waals surface area contributed by atoms with Gasteiger partial charge in [0.25, 0.3) is 0 Å². The summed E-state index contributed by atoms with van der Waals surface area (Å²) in [6.07, 6.45) is 0. The van der Waals surface area contributed by atoms with Gasteiger partial charge in [0.2, 0.25) is 0 Å². The molecule has 4 nitrogen and oxygen atoms in total. The molecule has 82 valence electrons. The Balaban J connectivity index is 2.21. The molecule has 0 spiro atoms. The van der Waals surface area contributed by atoms with E-state index in [1.807, 2.05) is 34.6 Å². The average molecular weight is 208 g/mol. The third-order valence-electron chi connectivity index (χ3n) is 3.46. The number of azo groups is 1. The minimum absolute atomic E-state index is 0.284.